The number of ether oxygens (including phenoxy) is 1. The van der Waals surface area contributed by atoms with Crippen molar-refractivity contribution in [3.05, 3.63) is 71.8 Å². The molecule has 0 N–H and O–H groups in total. The van der Waals surface area contributed by atoms with E-state index in [4.69, 9.17) is 4.74 Å². The minimum Gasteiger partial charge on any atom is -0.431 e. The van der Waals surface area contributed by atoms with Crippen molar-refractivity contribution in [3.63, 3.8) is 0 Å². The van der Waals surface area contributed by atoms with Crippen LogP contribution in [0.5, 0.6) is 0 Å². The Morgan fingerprint density at radius 3 is 2.00 bits per heavy atom. The van der Waals surface area contributed by atoms with Gasteiger partial charge < -0.3 is 4.74 Å². The van der Waals surface area contributed by atoms with Gasteiger partial charge in [-0.25, -0.2) is 13.6 Å². The Morgan fingerprint density at radius 1 is 0.957 bits per heavy atom. The summed E-state index contributed by atoms with van der Waals surface area (Å²) in [7, 11) is 0. The molecule has 2 aliphatic rings. The predicted molar refractivity (Wildman–Crippen MR) is 80.2 cm³/mol. The van der Waals surface area contributed by atoms with Gasteiger partial charge in [0.15, 0.2) is 5.60 Å². The van der Waals surface area contributed by atoms with Crippen LogP contribution in [0.25, 0.3) is 0 Å². The number of nitrogens with zero attached hydrogens (tertiary/aromatic N) is 1. The fourth-order valence-electron chi connectivity index (χ4n) is 3.68. The van der Waals surface area contributed by atoms with Gasteiger partial charge in [-0.1, -0.05) is 60.7 Å². The molecule has 0 aromatic heterocycles. The number of carbonyl (C=O) groups excluding carboxylic acids is 1. The van der Waals surface area contributed by atoms with Crippen molar-refractivity contribution >= 4 is 6.09 Å². The third-order valence-electron chi connectivity index (χ3n) is 4.63. The Kier molecular flexibility index (Phi) is 2.95. The second-order valence-electron chi connectivity index (χ2n) is 6.04. The van der Waals surface area contributed by atoms with Gasteiger partial charge in [0, 0.05) is 17.5 Å². The van der Waals surface area contributed by atoms with E-state index in [1.165, 1.54) is 4.90 Å². The van der Waals surface area contributed by atoms with Crippen molar-refractivity contribution in [3.8, 4) is 0 Å². The molecular weight excluding hydrogens is 300 g/mol. The molecule has 2 saturated heterocycles. The number of halogens is 2. The zero-order valence-corrected chi connectivity index (χ0v) is 12.3. The summed E-state index contributed by atoms with van der Waals surface area (Å²) in [5, 5.41) is 0. The van der Waals surface area contributed by atoms with Gasteiger partial charge in [0.1, 0.15) is 0 Å². The quantitative estimate of drug-likeness (QED) is 0.844. The molecule has 2 aromatic carbocycles. The molecule has 4 rings (SSSR count). The SMILES string of the molecule is O=C1OC(c2ccccc2)(c2ccccc2)[C@@H]2CC(F)(F)CN12. The van der Waals surface area contributed by atoms with E-state index >= 15 is 0 Å². The van der Waals surface area contributed by atoms with Gasteiger partial charge in [-0.2, -0.15) is 0 Å². The minimum absolute atomic E-state index is 0.400. The standard InChI is InChI=1S/C18H15F2NO2/c19-17(20)11-15-18(13-7-3-1-4-8-13,14-9-5-2-6-10-14)23-16(22)21(15)12-17/h1-10,15H,11-12H2/t15-/m0/s1. The zero-order valence-electron chi connectivity index (χ0n) is 12.3. The van der Waals surface area contributed by atoms with Crippen LogP contribution in [0.4, 0.5) is 13.6 Å². The molecule has 0 aliphatic carbocycles. The zero-order chi connectivity index (χ0) is 16.1. The molecule has 0 bridgehead atoms. The largest absolute Gasteiger partial charge is 0.431 e. The van der Waals surface area contributed by atoms with Crippen LogP contribution in [0.3, 0.4) is 0 Å². The molecule has 0 radical (unpaired) electrons. The highest BCUT2D eigenvalue weighted by Crippen LogP contribution is 2.51. The van der Waals surface area contributed by atoms with Crippen LogP contribution < -0.4 is 0 Å². The molecule has 2 aromatic rings. The number of hydrogen-bond donors (Lipinski definition) is 0. The third kappa shape index (κ3) is 2.03. The summed E-state index contributed by atoms with van der Waals surface area (Å²) >= 11 is 0. The van der Waals surface area contributed by atoms with Crippen LogP contribution in [0.1, 0.15) is 17.5 Å². The number of hydrogen-bond acceptors (Lipinski definition) is 2. The first-order valence-corrected chi connectivity index (χ1v) is 7.51. The Morgan fingerprint density at radius 2 is 1.48 bits per heavy atom. The van der Waals surface area contributed by atoms with E-state index in [1.807, 2.05) is 60.7 Å². The maximum atomic E-state index is 14.0. The van der Waals surface area contributed by atoms with Crippen LogP contribution in [0.15, 0.2) is 60.7 Å². The highest BCUT2D eigenvalue weighted by atomic mass is 19.3. The molecule has 0 spiro atoms. The minimum atomic E-state index is -2.89. The van der Waals surface area contributed by atoms with Crippen molar-refractivity contribution in [1.29, 1.82) is 0 Å². The highest BCUT2D eigenvalue weighted by Gasteiger charge is 2.64. The lowest BCUT2D eigenvalue weighted by atomic mass is 9.79. The molecule has 5 heteroatoms. The second kappa shape index (κ2) is 4.78. The molecule has 2 aliphatic heterocycles. The lowest BCUT2D eigenvalue weighted by Gasteiger charge is -2.33. The molecule has 0 saturated carbocycles. The molecule has 0 unspecified atom stereocenters. The van der Waals surface area contributed by atoms with Crippen LogP contribution in [-0.4, -0.2) is 29.5 Å². The molecule has 1 amide bonds. The third-order valence-corrected chi connectivity index (χ3v) is 4.63. The Bertz CT molecular complexity index is 694. The summed E-state index contributed by atoms with van der Waals surface area (Å²) in [6.07, 6.45) is -1.08. The highest BCUT2D eigenvalue weighted by molar-refractivity contribution is 5.74. The van der Waals surface area contributed by atoms with Gasteiger partial charge in [-0.3, -0.25) is 4.90 Å². The fourth-order valence-corrected chi connectivity index (χ4v) is 3.68. The van der Waals surface area contributed by atoms with Gasteiger partial charge in [0.2, 0.25) is 0 Å². The van der Waals surface area contributed by atoms with E-state index < -0.39 is 36.6 Å². The average molecular weight is 315 g/mol. The number of amides is 1. The Hall–Kier alpha value is -2.43. The smallest absolute Gasteiger partial charge is 0.411 e. The van der Waals surface area contributed by atoms with Gasteiger partial charge in [-0.05, 0) is 0 Å². The first kappa shape index (κ1) is 14.2. The summed E-state index contributed by atoms with van der Waals surface area (Å²) in [4.78, 5) is 13.4. The van der Waals surface area contributed by atoms with Crippen molar-refractivity contribution in [2.45, 2.75) is 24.0 Å². The van der Waals surface area contributed by atoms with Gasteiger partial charge in [0.25, 0.3) is 5.92 Å². The summed E-state index contributed by atoms with van der Waals surface area (Å²) in [6, 6.07) is 17.6. The summed E-state index contributed by atoms with van der Waals surface area (Å²) in [5.41, 5.74) is 0.231. The van der Waals surface area contributed by atoms with Crippen molar-refractivity contribution in [2.24, 2.45) is 0 Å². The maximum Gasteiger partial charge on any atom is 0.411 e. The number of rotatable bonds is 2. The maximum absolute atomic E-state index is 14.0. The lowest BCUT2D eigenvalue weighted by molar-refractivity contribution is -0.00797. The van der Waals surface area contributed by atoms with Crippen molar-refractivity contribution < 1.29 is 18.3 Å². The first-order chi connectivity index (χ1) is 11.0. The van der Waals surface area contributed by atoms with E-state index in [0.717, 1.165) is 0 Å². The Balaban J connectivity index is 1.93. The van der Waals surface area contributed by atoms with Crippen LogP contribution >= 0.6 is 0 Å². The lowest BCUT2D eigenvalue weighted by Crippen LogP contribution is -2.41. The molecule has 2 fully saturated rings. The summed E-state index contributed by atoms with van der Waals surface area (Å²) in [6.45, 7) is -0.585. The van der Waals surface area contributed by atoms with E-state index in [0.29, 0.717) is 11.1 Å². The number of benzene rings is 2. The predicted octanol–water partition coefficient (Wildman–Crippen LogP) is 3.79. The number of cyclic esters (lactones) is 1. The molecule has 1 atom stereocenters. The monoisotopic (exact) mass is 315 g/mol. The molecule has 23 heavy (non-hydrogen) atoms. The number of carbonyl (C=O) groups is 1. The molecular formula is C18H15F2NO2. The van der Waals surface area contributed by atoms with Crippen LogP contribution in [0.2, 0.25) is 0 Å². The van der Waals surface area contributed by atoms with Gasteiger partial charge >= 0.3 is 6.09 Å². The van der Waals surface area contributed by atoms with Crippen molar-refractivity contribution in [2.75, 3.05) is 6.54 Å². The molecule has 118 valence electrons. The van der Waals surface area contributed by atoms with E-state index in [1.54, 1.807) is 0 Å². The average Bonchev–Trinajstić information content (AvgIpc) is 3.02. The van der Waals surface area contributed by atoms with E-state index in [2.05, 4.69) is 0 Å². The molecule has 2 heterocycles. The number of fused-ring (bicyclic) bond motifs is 1. The van der Waals surface area contributed by atoms with Gasteiger partial charge in [0.05, 0.1) is 12.6 Å². The van der Waals surface area contributed by atoms with E-state index in [-0.39, 0.29) is 0 Å². The number of alkyl halides is 2. The van der Waals surface area contributed by atoms with Crippen LogP contribution in [0, 0.1) is 0 Å². The fraction of sp³-hybridized carbons (Fsp3) is 0.278. The Labute approximate surface area is 132 Å². The van der Waals surface area contributed by atoms with E-state index in [9.17, 15) is 13.6 Å². The molecule has 3 nitrogen and oxygen atoms in total. The first-order valence-electron chi connectivity index (χ1n) is 7.51. The summed E-state index contributed by atoms with van der Waals surface area (Å²) in [5.74, 6) is -2.89. The normalized spacial score (nSPS) is 24.3. The topological polar surface area (TPSA) is 29.5 Å². The van der Waals surface area contributed by atoms with Crippen molar-refractivity contribution in [1.82, 2.24) is 4.90 Å². The van der Waals surface area contributed by atoms with Crippen LogP contribution in [-0.2, 0) is 10.3 Å². The van der Waals surface area contributed by atoms with Gasteiger partial charge in [-0.15, -0.1) is 0 Å². The second-order valence-corrected chi connectivity index (χ2v) is 6.04. The summed E-state index contributed by atoms with van der Waals surface area (Å²) < 4.78 is 33.7.